The number of methoxy groups -OCH3 is 1. The highest BCUT2D eigenvalue weighted by Gasteiger charge is 2.34. The van der Waals surface area contributed by atoms with Gasteiger partial charge in [-0.25, -0.2) is 0 Å². The molecule has 0 aliphatic carbocycles. The Morgan fingerprint density at radius 2 is 1.90 bits per heavy atom. The summed E-state index contributed by atoms with van der Waals surface area (Å²) < 4.78 is 16.8. The molecule has 0 aromatic heterocycles. The Balaban J connectivity index is 2.48. The van der Waals surface area contributed by atoms with Gasteiger partial charge in [-0.2, -0.15) is 0 Å². The van der Waals surface area contributed by atoms with Crippen LogP contribution in [-0.4, -0.2) is 31.2 Å². The van der Waals surface area contributed by atoms with Crippen LogP contribution >= 0.6 is 0 Å². The third kappa shape index (κ3) is 2.50. The standard InChI is InChI=1S/C16H24O4/c1-10-11(2)15-13(6-7-16(4,8-17)20-15)12(3)14(10)19-9-18-5/h17H,6-9H2,1-5H3/t16-/m1/s1. The molecule has 0 unspecified atom stereocenters. The SMILES string of the molecule is COCOc1c(C)c(C)c2c(c1C)CC[C@](C)(CO)O2. The summed E-state index contributed by atoms with van der Waals surface area (Å²) in [6.45, 7) is 8.36. The van der Waals surface area contributed by atoms with E-state index >= 15 is 0 Å². The van der Waals surface area contributed by atoms with Crippen molar-refractivity contribution >= 4 is 0 Å². The van der Waals surface area contributed by atoms with Gasteiger partial charge in [0.05, 0.1) is 6.61 Å². The van der Waals surface area contributed by atoms with Crippen LogP contribution < -0.4 is 9.47 Å². The monoisotopic (exact) mass is 280 g/mol. The fraction of sp³-hybridized carbons (Fsp3) is 0.625. The zero-order valence-electron chi connectivity index (χ0n) is 13.0. The Morgan fingerprint density at radius 1 is 1.20 bits per heavy atom. The summed E-state index contributed by atoms with van der Waals surface area (Å²) in [7, 11) is 1.62. The minimum atomic E-state index is -0.481. The number of aliphatic hydroxyl groups is 1. The normalized spacial score (nSPS) is 21.3. The molecule has 1 aliphatic heterocycles. The van der Waals surface area contributed by atoms with Gasteiger partial charge < -0.3 is 19.3 Å². The first-order chi connectivity index (χ1) is 9.43. The quantitative estimate of drug-likeness (QED) is 0.861. The van der Waals surface area contributed by atoms with Crippen LogP contribution in [0.2, 0.25) is 0 Å². The molecule has 0 fully saturated rings. The Kier molecular flexibility index (Phi) is 4.25. The van der Waals surface area contributed by atoms with Crippen LogP contribution in [0, 0.1) is 20.8 Å². The van der Waals surface area contributed by atoms with Crippen LogP contribution in [0.4, 0.5) is 0 Å². The highest BCUT2D eigenvalue weighted by Crippen LogP contribution is 2.43. The molecule has 112 valence electrons. The number of ether oxygens (including phenoxy) is 3. The minimum Gasteiger partial charge on any atom is -0.485 e. The molecule has 1 N–H and O–H groups in total. The van der Waals surface area contributed by atoms with Gasteiger partial charge in [0.15, 0.2) is 6.79 Å². The van der Waals surface area contributed by atoms with Crippen molar-refractivity contribution in [2.75, 3.05) is 20.5 Å². The molecule has 1 aliphatic rings. The van der Waals surface area contributed by atoms with Gasteiger partial charge in [-0.1, -0.05) is 0 Å². The number of rotatable bonds is 4. The lowest BCUT2D eigenvalue weighted by Gasteiger charge is -2.36. The second-order valence-electron chi connectivity index (χ2n) is 5.77. The van der Waals surface area contributed by atoms with Crippen molar-refractivity contribution in [2.24, 2.45) is 0 Å². The first kappa shape index (κ1) is 15.1. The summed E-state index contributed by atoms with van der Waals surface area (Å²) in [5.74, 6) is 1.80. The highest BCUT2D eigenvalue weighted by molar-refractivity contribution is 5.58. The zero-order chi connectivity index (χ0) is 14.9. The molecule has 0 amide bonds. The summed E-state index contributed by atoms with van der Waals surface area (Å²) in [5, 5.41) is 9.51. The first-order valence-electron chi connectivity index (χ1n) is 6.97. The molecule has 0 saturated heterocycles. The molecule has 1 aromatic rings. The summed E-state index contributed by atoms with van der Waals surface area (Å²) >= 11 is 0. The largest absolute Gasteiger partial charge is 0.485 e. The summed E-state index contributed by atoms with van der Waals surface area (Å²) in [6.07, 6.45) is 1.70. The molecule has 20 heavy (non-hydrogen) atoms. The van der Waals surface area contributed by atoms with E-state index in [0.717, 1.165) is 41.0 Å². The van der Waals surface area contributed by atoms with E-state index in [4.69, 9.17) is 14.2 Å². The van der Waals surface area contributed by atoms with Gasteiger partial charge >= 0.3 is 0 Å². The Morgan fingerprint density at radius 3 is 2.50 bits per heavy atom. The van der Waals surface area contributed by atoms with Crippen molar-refractivity contribution < 1.29 is 19.3 Å². The van der Waals surface area contributed by atoms with Crippen LogP contribution in [0.1, 0.15) is 35.6 Å². The molecule has 0 radical (unpaired) electrons. The van der Waals surface area contributed by atoms with Gasteiger partial charge in [-0.05, 0) is 57.2 Å². The van der Waals surface area contributed by atoms with Crippen molar-refractivity contribution in [2.45, 2.75) is 46.1 Å². The molecule has 1 heterocycles. The Hall–Kier alpha value is -1.26. The second-order valence-corrected chi connectivity index (χ2v) is 5.77. The maximum absolute atomic E-state index is 9.51. The molecule has 1 aromatic carbocycles. The molecule has 2 rings (SSSR count). The van der Waals surface area contributed by atoms with Crippen molar-refractivity contribution in [3.05, 3.63) is 22.3 Å². The molecule has 4 nitrogen and oxygen atoms in total. The van der Waals surface area contributed by atoms with Gasteiger partial charge in [0, 0.05) is 12.7 Å². The molecule has 0 saturated carbocycles. The van der Waals surface area contributed by atoms with E-state index in [0.29, 0.717) is 0 Å². The summed E-state index contributed by atoms with van der Waals surface area (Å²) in [4.78, 5) is 0. The van der Waals surface area contributed by atoms with Crippen molar-refractivity contribution in [1.82, 2.24) is 0 Å². The minimum absolute atomic E-state index is 0.0336. The van der Waals surface area contributed by atoms with E-state index in [1.165, 1.54) is 5.56 Å². The Bertz CT molecular complexity index is 510. The van der Waals surface area contributed by atoms with Crippen LogP contribution in [0.5, 0.6) is 11.5 Å². The van der Waals surface area contributed by atoms with Gasteiger partial charge in [0.2, 0.25) is 0 Å². The molecule has 4 heteroatoms. The third-order valence-corrected chi connectivity index (χ3v) is 4.22. The molecule has 0 spiro atoms. The lowest BCUT2D eigenvalue weighted by molar-refractivity contribution is 0.00679. The lowest BCUT2D eigenvalue weighted by atomic mass is 9.87. The van der Waals surface area contributed by atoms with Crippen LogP contribution in [-0.2, 0) is 11.2 Å². The fourth-order valence-electron chi connectivity index (χ4n) is 2.73. The third-order valence-electron chi connectivity index (χ3n) is 4.22. The number of fused-ring (bicyclic) bond motifs is 1. The smallest absolute Gasteiger partial charge is 0.188 e. The van der Waals surface area contributed by atoms with Crippen LogP contribution in [0.25, 0.3) is 0 Å². The average Bonchev–Trinajstić information content (AvgIpc) is 2.45. The van der Waals surface area contributed by atoms with E-state index in [9.17, 15) is 5.11 Å². The van der Waals surface area contributed by atoms with Gasteiger partial charge in [0.25, 0.3) is 0 Å². The van der Waals surface area contributed by atoms with E-state index < -0.39 is 5.60 Å². The predicted molar refractivity (Wildman–Crippen MR) is 77.6 cm³/mol. The van der Waals surface area contributed by atoms with Crippen molar-refractivity contribution in [1.29, 1.82) is 0 Å². The molecule has 1 atom stereocenters. The summed E-state index contributed by atoms with van der Waals surface area (Å²) in [5.41, 5.74) is 3.97. The van der Waals surface area contributed by atoms with Crippen molar-refractivity contribution in [3.63, 3.8) is 0 Å². The second kappa shape index (κ2) is 5.62. The van der Waals surface area contributed by atoms with Gasteiger partial charge in [-0.3, -0.25) is 0 Å². The van der Waals surface area contributed by atoms with Crippen molar-refractivity contribution in [3.8, 4) is 11.5 Å². The van der Waals surface area contributed by atoms with Crippen LogP contribution in [0.3, 0.4) is 0 Å². The van der Waals surface area contributed by atoms with E-state index in [1.54, 1.807) is 7.11 Å². The fourth-order valence-corrected chi connectivity index (χ4v) is 2.73. The maximum Gasteiger partial charge on any atom is 0.188 e. The van der Waals surface area contributed by atoms with Gasteiger partial charge in [0.1, 0.15) is 17.1 Å². The maximum atomic E-state index is 9.51. The van der Waals surface area contributed by atoms with Crippen LogP contribution in [0.15, 0.2) is 0 Å². The first-order valence-corrected chi connectivity index (χ1v) is 6.97. The van der Waals surface area contributed by atoms with E-state index in [-0.39, 0.29) is 13.4 Å². The number of hydrogen-bond donors (Lipinski definition) is 1. The average molecular weight is 280 g/mol. The number of hydrogen-bond acceptors (Lipinski definition) is 4. The summed E-state index contributed by atoms with van der Waals surface area (Å²) in [6, 6.07) is 0. The van der Waals surface area contributed by atoms with E-state index in [2.05, 4.69) is 6.92 Å². The lowest BCUT2D eigenvalue weighted by Crippen LogP contribution is -2.40. The highest BCUT2D eigenvalue weighted by atomic mass is 16.7. The number of benzene rings is 1. The number of aliphatic hydroxyl groups excluding tert-OH is 1. The molecular weight excluding hydrogens is 256 g/mol. The topological polar surface area (TPSA) is 47.9 Å². The molecular formula is C16H24O4. The van der Waals surface area contributed by atoms with Gasteiger partial charge in [-0.15, -0.1) is 0 Å². The zero-order valence-corrected chi connectivity index (χ0v) is 13.0. The van der Waals surface area contributed by atoms with E-state index in [1.807, 2.05) is 20.8 Å². The predicted octanol–water partition coefficient (Wildman–Crippen LogP) is 2.67. The Labute approximate surface area is 120 Å². The molecule has 0 bridgehead atoms.